The van der Waals surface area contributed by atoms with Gasteiger partial charge in [-0.15, -0.1) is 0 Å². The minimum Gasteiger partial charge on any atom is -0.481 e. The third-order valence-corrected chi connectivity index (χ3v) is 4.24. The van der Waals surface area contributed by atoms with E-state index in [0.29, 0.717) is 25.9 Å². The number of amides is 1. The first-order valence-electron chi connectivity index (χ1n) is 8.64. The summed E-state index contributed by atoms with van der Waals surface area (Å²) in [6.07, 6.45) is 0.963. The van der Waals surface area contributed by atoms with E-state index >= 15 is 0 Å². The highest BCUT2D eigenvalue weighted by Crippen LogP contribution is 2.20. The van der Waals surface area contributed by atoms with Crippen molar-refractivity contribution in [3.63, 3.8) is 0 Å². The Morgan fingerprint density at radius 2 is 1.60 bits per heavy atom. The summed E-state index contributed by atoms with van der Waals surface area (Å²) in [5, 5.41) is 8.85. The molecule has 132 valence electrons. The molecular weight excluding hydrogens is 314 g/mol. The van der Waals surface area contributed by atoms with Gasteiger partial charge in [0.2, 0.25) is 5.91 Å². The van der Waals surface area contributed by atoms with Crippen LogP contribution in [0.3, 0.4) is 0 Å². The topological polar surface area (TPSA) is 57.6 Å². The average Bonchev–Trinajstić information content (AvgIpc) is 2.62. The Labute approximate surface area is 149 Å². The van der Waals surface area contributed by atoms with Crippen LogP contribution in [0, 0.1) is 0 Å². The van der Waals surface area contributed by atoms with Gasteiger partial charge in [-0.3, -0.25) is 9.59 Å². The summed E-state index contributed by atoms with van der Waals surface area (Å²) in [6.45, 7) is 3.02. The van der Waals surface area contributed by atoms with Gasteiger partial charge in [0.25, 0.3) is 0 Å². The molecule has 4 heteroatoms. The predicted octanol–water partition coefficient (Wildman–Crippen LogP) is 4.07. The molecule has 0 heterocycles. The second kappa shape index (κ2) is 9.62. The van der Waals surface area contributed by atoms with E-state index in [1.807, 2.05) is 67.6 Å². The van der Waals surface area contributed by atoms with Crippen molar-refractivity contribution in [3.8, 4) is 0 Å². The van der Waals surface area contributed by atoms with Gasteiger partial charge < -0.3 is 10.0 Å². The van der Waals surface area contributed by atoms with E-state index in [1.54, 1.807) is 4.90 Å². The monoisotopic (exact) mass is 339 g/mol. The number of nitrogens with zero attached hydrogens (tertiary/aromatic N) is 1. The fourth-order valence-corrected chi connectivity index (χ4v) is 2.81. The van der Waals surface area contributed by atoms with Gasteiger partial charge in [-0.1, -0.05) is 67.6 Å². The number of hydrogen-bond donors (Lipinski definition) is 1. The van der Waals surface area contributed by atoms with Crippen LogP contribution in [0.2, 0.25) is 0 Å². The number of aliphatic carboxylic acids is 1. The van der Waals surface area contributed by atoms with Crippen molar-refractivity contribution in [2.75, 3.05) is 6.54 Å². The van der Waals surface area contributed by atoms with Crippen LogP contribution in [0.15, 0.2) is 60.7 Å². The van der Waals surface area contributed by atoms with Crippen LogP contribution in [0.25, 0.3) is 0 Å². The van der Waals surface area contributed by atoms with E-state index in [2.05, 4.69) is 0 Å². The molecule has 0 fully saturated rings. The minimum absolute atomic E-state index is 0.0607. The number of rotatable bonds is 9. The Kier molecular flexibility index (Phi) is 7.20. The number of benzene rings is 2. The molecule has 0 aromatic heterocycles. The van der Waals surface area contributed by atoms with Gasteiger partial charge in [0.05, 0.1) is 0 Å². The lowest BCUT2D eigenvalue weighted by Gasteiger charge is -2.24. The molecule has 25 heavy (non-hydrogen) atoms. The van der Waals surface area contributed by atoms with Gasteiger partial charge in [-0.2, -0.15) is 0 Å². The summed E-state index contributed by atoms with van der Waals surface area (Å²) >= 11 is 0. The van der Waals surface area contributed by atoms with Crippen molar-refractivity contribution < 1.29 is 14.7 Å². The van der Waals surface area contributed by atoms with Gasteiger partial charge in [-0.05, 0) is 23.5 Å². The summed E-state index contributed by atoms with van der Waals surface area (Å²) < 4.78 is 0. The van der Waals surface area contributed by atoms with Crippen molar-refractivity contribution in [3.05, 3.63) is 71.8 Å². The normalized spacial score (nSPS) is 11.7. The minimum atomic E-state index is -0.829. The van der Waals surface area contributed by atoms with Gasteiger partial charge in [0.1, 0.15) is 0 Å². The maximum Gasteiger partial charge on any atom is 0.303 e. The van der Waals surface area contributed by atoms with Crippen LogP contribution < -0.4 is 0 Å². The molecule has 0 aliphatic rings. The molecule has 4 nitrogen and oxygen atoms in total. The first-order chi connectivity index (χ1) is 12.1. The molecule has 0 radical (unpaired) electrons. The molecular formula is C21H25NO3. The van der Waals surface area contributed by atoms with Crippen LogP contribution in [0.4, 0.5) is 0 Å². The molecule has 0 saturated carbocycles. The summed E-state index contributed by atoms with van der Waals surface area (Å²) in [7, 11) is 0. The molecule has 0 bridgehead atoms. The van der Waals surface area contributed by atoms with Crippen LogP contribution in [0.1, 0.15) is 43.2 Å². The lowest BCUT2D eigenvalue weighted by molar-refractivity contribution is -0.138. The summed E-state index contributed by atoms with van der Waals surface area (Å²) in [5.74, 6) is -0.637. The van der Waals surface area contributed by atoms with Crippen molar-refractivity contribution in [2.24, 2.45) is 0 Å². The highest BCUT2D eigenvalue weighted by atomic mass is 16.4. The summed E-state index contributed by atoms with van der Waals surface area (Å²) in [4.78, 5) is 25.3. The zero-order chi connectivity index (χ0) is 18.1. The maximum atomic E-state index is 12.8. The predicted molar refractivity (Wildman–Crippen MR) is 98.2 cm³/mol. The highest BCUT2D eigenvalue weighted by molar-refractivity contribution is 5.77. The first kappa shape index (κ1) is 18.7. The van der Waals surface area contributed by atoms with Gasteiger partial charge in [-0.25, -0.2) is 0 Å². The molecule has 1 atom stereocenters. The standard InChI is InChI=1S/C21H25NO3/c1-17(19-11-6-3-7-12-19)15-20(23)22(14-8-13-21(24)25)16-18-9-4-2-5-10-18/h2-7,9-12,17H,8,13-16H2,1H3,(H,24,25). The van der Waals surface area contributed by atoms with E-state index in [0.717, 1.165) is 11.1 Å². The summed E-state index contributed by atoms with van der Waals surface area (Å²) in [5.41, 5.74) is 2.19. The Morgan fingerprint density at radius 3 is 2.20 bits per heavy atom. The number of carbonyl (C=O) groups excluding carboxylic acids is 1. The second-order valence-corrected chi connectivity index (χ2v) is 6.31. The van der Waals surface area contributed by atoms with Crippen molar-refractivity contribution >= 4 is 11.9 Å². The lowest BCUT2D eigenvalue weighted by Crippen LogP contribution is -2.32. The van der Waals surface area contributed by atoms with E-state index in [1.165, 1.54) is 0 Å². The second-order valence-electron chi connectivity index (χ2n) is 6.31. The van der Waals surface area contributed by atoms with E-state index < -0.39 is 5.97 Å². The zero-order valence-electron chi connectivity index (χ0n) is 14.6. The largest absolute Gasteiger partial charge is 0.481 e. The number of carboxylic acids is 1. The molecule has 0 aliphatic heterocycles. The Morgan fingerprint density at radius 1 is 1.00 bits per heavy atom. The third kappa shape index (κ3) is 6.42. The molecule has 1 unspecified atom stereocenters. The van der Waals surface area contributed by atoms with E-state index in [4.69, 9.17) is 5.11 Å². The maximum absolute atomic E-state index is 12.8. The number of hydrogen-bond acceptors (Lipinski definition) is 2. The molecule has 0 aliphatic carbocycles. The third-order valence-electron chi connectivity index (χ3n) is 4.24. The Balaban J connectivity index is 2.01. The van der Waals surface area contributed by atoms with Crippen LogP contribution in [0.5, 0.6) is 0 Å². The molecule has 0 spiro atoms. The van der Waals surface area contributed by atoms with Gasteiger partial charge in [0, 0.05) is 25.9 Å². The molecule has 0 saturated heterocycles. The smallest absolute Gasteiger partial charge is 0.303 e. The SMILES string of the molecule is CC(CC(=O)N(CCCC(=O)O)Cc1ccccc1)c1ccccc1. The van der Waals surface area contributed by atoms with Crippen molar-refractivity contribution in [1.29, 1.82) is 0 Å². The molecule has 1 N–H and O–H groups in total. The van der Waals surface area contributed by atoms with E-state index in [-0.39, 0.29) is 18.2 Å². The fourth-order valence-electron chi connectivity index (χ4n) is 2.81. The molecule has 1 amide bonds. The Hall–Kier alpha value is -2.62. The first-order valence-corrected chi connectivity index (χ1v) is 8.64. The van der Waals surface area contributed by atoms with Crippen LogP contribution >= 0.6 is 0 Å². The van der Waals surface area contributed by atoms with Crippen LogP contribution in [-0.4, -0.2) is 28.4 Å². The lowest BCUT2D eigenvalue weighted by atomic mass is 9.97. The Bertz CT molecular complexity index is 670. The van der Waals surface area contributed by atoms with Crippen LogP contribution in [-0.2, 0) is 16.1 Å². The number of carbonyl (C=O) groups is 2. The van der Waals surface area contributed by atoms with Crippen molar-refractivity contribution in [2.45, 2.75) is 38.6 Å². The zero-order valence-corrected chi connectivity index (χ0v) is 14.6. The van der Waals surface area contributed by atoms with Gasteiger partial charge >= 0.3 is 5.97 Å². The average molecular weight is 339 g/mol. The number of carboxylic acid groups (broad SMARTS) is 1. The highest BCUT2D eigenvalue weighted by Gasteiger charge is 2.18. The van der Waals surface area contributed by atoms with E-state index in [9.17, 15) is 9.59 Å². The molecule has 2 aromatic rings. The van der Waals surface area contributed by atoms with Crippen molar-refractivity contribution in [1.82, 2.24) is 4.90 Å². The fraction of sp³-hybridized carbons (Fsp3) is 0.333. The summed E-state index contributed by atoms with van der Waals surface area (Å²) in [6, 6.07) is 19.8. The quantitative estimate of drug-likeness (QED) is 0.749. The van der Waals surface area contributed by atoms with Gasteiger partial charge in [0.15, 0.2) is 0 Å². The molecule has 2 rings (SSSR count). The molecule has 2 aromatic carbocycles.